The van der Waals surface area contributed by atoms with Gasteiger partial charge in [0.15, 0.2) is 9.84 Å². The summed E-state index contributed by atoms with van der Waals surface area (Å²) in [7, 11) is -3.21. The zero-order valence-corrected chi connectivity index (χ0v) is 11.5. The second-order valence-corrected chi connectivity index (χ2v) is 6.79. The van der Waals surface area contributed by atoms with Crippen molar-refractivity contribution in [3.8, 4) is 0 Å². The molecule has 0 radical (unpaired) electrons. The summed E-state index contributed by atoms with van der Waals surface area (Å²) in [5.41, 5.74) is 5.61. The average Bonchev–Trinajstić information content (AvgIpc) is 2.24. The molecule has 0 aliphatic carbocycles. The van der Waals surface area contributed by atoms with E-state index < -0.39 is 9.84 Å². The lowest BCUT2D eigenvalue weighted by atomic mass is 10.2. The molecule has 1 aromatic rings. The molecule has 0 aliphatic rings. The van der Waals surface area contributed by atoms with Crippen LogP contribution in [0.15, 0.2) is 29.2 Å². The quantitative estimate of drug-likeness (QED) is 0.812. The van der Waals surface area contributed by atoms with E-state index in [4.69, 9.17) is 17.3 Å². The molecule has 0 aliphatic heterocycles. The summed E-state index contributed by atoms with van der Waals surface area (Å²) in [6.07, 6.45) is 2.32. The highest BCUT2D eigenvalue weighted by atomic mass is 35.5. The number of nitrogens with two attached hydrogens (primary N) is 1. The molecule has 0 amide bonds. The van der Waals surface area contributed by atoms with Crippen LogP contribution in [0.4, 0.5) is 0 Å². The van der Waals surface area contributed by atoms with Crippen LogP contribution in [0.5, 0.6) is 0 Å². The molecule has 17 heavy (non-hydrogen) atoms. The van der Waals surface area contributed by atoms with Crippen LogP contribution in [0.2, 0.25) is 5.02 Å². The van der Waals surface area contributed by atoms with E-state index in [-0.39, 0.29) is 11.8 Å². The SMILES string of the molecule is CC(N)CCCCS(=O)(=O)c1cccc(Cl)c1. The lowest BCUT2D eigenvalue weighted by molar-refractivity contribution is 0.580. The summed E-state index contributed by atoms with van der Waals surface area (Å²) < 4.78 is 23.9. The maximum Gasteiger partial charge on any atom is 0.178 e. The number of hydrogen-bond donors (Lipinski definition) is 1. The van der Waals surface area contributed by atoms with E-state index in [0.717, 1.165) is 12.8 Å². The molecule has 0 spiro atoms. The highest BCUT2D eigenvalue weighted by Gasteiger charge is 2.14. The minimum atomic E-state index is -3.21. The first-order chi connectivity index (χ1) is 7.92. The predicted octanol–water partition coefficient (Wildman–Crippen LogP) is 2.63. The Balaban J connectivity index is 2.57. The largest absolute Gasteiger partial charge is 0.328 e. The van der Waals surface area contributed by atoms with Crippen LogP contribution in [-0.4, -0.2) is 20.2 Å². The van der Waals surface area contributed by atoms with E-state index in [1.165, 1.54) is 6.07 Å². The normalized spacial score (nSPS) is 13.6. The highest BCUT2D eigenvalue weighted by molar-refractivity contribution is 7.91. The van der Waals surface area contributed by atoms with Gasteiger partial charge in [0.25, 0.3) is 0 Å². The van der Waals surface area contributed by atoms with Gasteiger partial charge in [-0.25, -0.2) is 8.42 Å². The maximum absolute atomic E-state index is 11.9. The van der Waals surface area contributed by atoms with Crippen molar-refractivity contribution in [1.29, 1.82) is 0 Å². The fourth-order valence-corrected chi connectivity index (χ4v) is 3.20. The molecule has 1 atom stereocenters. The second kappa shape index (κ2) is 6.38. The third-order valence-corrected chi connectivity index (χ3v) is 4.51. The van der Waals surface area contributed by atoms with Gasteiger partial charge in [-0.15, -0.1) is 0 Å². The number of unbranched alkanes of at least 4 members (excludes halogenated alkanes) is 1. The number of hydrogen-bond acceptors (Lipinski definition) is 3. The van der Waals surface area contributed by atoms with Crippen molar-refractivity contribution in [2.45, 2.75) is 37.1 Å². The third kappa shape index (κ3) is 5.06. The van der Waals surface area contributed by atoms with Gasteiger partial charge in [0.1, 0.15) is 0 Å². The van der Waals surface area contributed by atoms with Crippen molar-refractivity contribution < 1.29 is 8.42 Å². The summed E-state index contributed by atoms with van der Waals surface area (Å²) in [6.45, 7) is 1.92. The Labute approximate surface area is 108 Å². The third-order valence-electron chi connectivity index (χ3n) is 2.48. The van der Waals surface area contributed by atoms with E-state index in [2.05, 4.69) is 0 Å². The van der Waals surface area contributed by atoms with E-state index in [1.807, 2.05) is 6.92 Å². The first kappa shape index (κ1) is 14.5. The molecular weight excluding hydrogens is 258 g/mol. The first-order valence-electron chi connectivity index (χ1n) is 5.66. The van der Waals surface area contributed by atoms with Crippen LogP contribution in [0.25, 0.3) is 0 Å². The molecule has 0 saturated heterocycles. The molecule has 1 unspecified atom stereocenters. The summed E-state index contributed by atoms with van der Waals surface area (Å²) >= 11 is 5.77. The zero-order chi connectivity index (χ0) is 12.9. The van der Waals surface area contributed by atoms with Crippen molar-refractivity contribution in [1.82, 2.24) is 0 Å². The minimum Gasteiger partial charge on any atom is -0.328 e. The summed E-state index contributed by atoms with van der Waals surface area (Å²) in [6, 6.07) is 6.51. The van der Waals surface area contributed by atoms with Crippen molar-refractivity contribution in [3.05, 3.63) is 29.3 Å². The zero-order valence-electron chi connectivity index (χ0n) is 9.90. The van der Waals surface area contributed by atoms with Crippen molar-refractivity contribution >= 4 is 21.4 Å². The number of halogens is 1. The Morgan fingerprint density at radius 3 is 2.65 bits per heavy atom. The van der Waals surface area contributed by atoms with E-state index in [9.17, 15) is 8.42 Å². The molecular formula is C12H18ClNO2S. The lowest BCUT2D eigenvalue weighted by Gasteiger charge is -2.06. The van der Waals surface area contributed by atoms with Crippen LogP contribution in [-0.2, 0) is 9.84 Å². The molecule has 0 heterocycles. The molecule has 96 valence electrons. The number of sulfone groups is 1. The van der Waals surface area contributed by atoms with Gasteiger partial charge in [0, 0.05) is 11.1 Å². The van der Waals surface area contributed by atoms with Gasteiger partial charge in [0.05, 0.1) is 10.6 Å². The van der Waals surface area contributed by atoms with Crippen LogP contribution < -0.4 is 5.73 Å². The average molecular weight is 276 g/mol. The van der Waals surface area contributed by atoms with Gasteiger partial charge >= 0.3 is 0 Å². The highest BCUT2D eigenvalue weighted by Crippen LogP contribution is 2.18. The second-order valence-electron chi connectivity index (χ2n) is 4.25. The Morgan fingerprint density at radius 1 is 1.35 bits per heavy atom. The molecule has 0 aromatic heterocycles. The molecule has 0 fully saturated rings. The Morgan fingerprint density at radius 2 is 2.06 bits per heavy atom. The van der Waals surface area contributed by atoms with E-state index >= 15 is 0 Å². The van der Waals surface area contributed by atoms with Crippen molar-refractivity contribution in [2.24, 2.45) is 5.73 Å². The van der Waals surface area contributed by atoms with Crippen LogP contribution in [0.3, 0.4) is 0 Å². The number of rotatable bonds is 6. The minimum absolute atomic E-state index is 0.129. The van der Waals surface area contributed by atoms with Gasteiger partial charge in [-0.1, -0.05) is 24.1 Å². The first-order valence-corrected chi connectivity index (χ1v) is 7.69. The van der Waals surface area contributed by atoms with Crippen LogP contribution in [0.1, 0.15) is 26.2 Å². The molecule has 3 nitrogen and oxygen atoms in total. The van der Waals surface area contributed by atoms with Gasteiger partial charge < -0.3 is 5.73 Å². The Hall–Kier alpha value is -0.580. The van der Waals surface area contributed by atoms with E-state index in [1.54, 1.807) is 18.2 Å². The van der Waals surface area contributed by atoms with Gasteiger partial charge in [-0.3, -0.25) is 0 Å². The Bertz CT molecular complexity index is 457. The monoisotopic (exact) mass is 275 g/mol. The molecule has 5 heteroatoms. The smallest absolute Gasteiger partial charge is 0.178 e. The predicted molar refractivity (Wildman–Crippen MR) is 71.0 cm³/mol. The van der Waals surface area contributed by atoms with Crippen molar-refractivity contribution in [3.63, 3.8) is 0 Å². The fourth-order valence-electron chi connectivity index (χ4n) is 1.54. The van der Waals surface area contributed by atoms with Crippen LogP contribution in [0, 0.1) is 0 Å². The summed E-state index contributed by atoms with van der Waals surface area (Å²) in [5, 5.41) is 0.446. The fraction of sp³-hybridized carbons (Fsp3) is 0.500. The van der Waals surface area contributed by atoms with Crippen molar-refractivity contribution in [2.75, 3.05) is 5.75 Å². The molecule has 2 N–H and O–H groups in total. The maximum atomic E-state index is 11.9. The van der Waals surface area contributed by atoms with Gasteiger partial charge in [-0.2, -0.15) is 0 Å². The van der Waals surface area contributed by atoms with Crippen LogP contribution >= 0.6 is 11.6 Å². The molecule has 0 bridgehead atoms. The Kier molecular flexibility index (Phi) is 5.43. The number of benzene rings is 1. The standard InChI is InChI=1S/C12H18ClNO2S/c1-10(14)5-2-3-8-17(15,16)12-7-4-6-11(13)9-12/h4,6-7,9-10H,2-3,5,8,14H2,1H3. The van der Waals surface area contributed by atoms with E-state index in [0.29, 0.717) is 16.3 Å². The molecule has 1 rings (SSSR count). The lowest BCUT2D eigenvalue weighted by Crippen LogP contribution is -2.15. The topological polar surface area (TPSA) is 60.2 Å². The van der Waals surface area contributed by atoms with Gasteiger partial charge in [-0.05, 0) is 38.0 Å². The summed E-state index contributed by atoms with van der Waals surface area (Å²) in [4.78, 5) is 0.297. The molecule has 0 saturated carbocycles. The van der Waals surface area contributed by atoms with Gasteiger partial charge in [0.2, 0.25) is 0 Å². The molecule has 1 aromatic carbocycles. The summed E-state index contributed by atoms with van der Waals surface area (Å²) in [5.74, 6) is 0.153.